The Morgan fingerprint density at radius 1 is 0.294 bits per heavy atom. The maximum atomic E-state index is 6.81. The SMILES string of the molecule is c1ccc(-c2c3ccccc3c(-c3cccc(-c4cccc5cc6c(cc45)oc4c5ccccc5c5ccccc5c64)c3)c3ccccc23)cc1. The van der Waals surface area contributed by atoms with Gasteiger partial charge in [0.15, 0.2) is 0 Å². The third kappa shape index (κ3) is 4.16. The number of benzene rings is 10. The van der Waals surface area contributed by atoms with Crippen LogP contribution in [0.2, 0.25) is 0 Å². The molecule has 0 unspecified atom stereocenters. The van der Waals surface area contributed by atoms with Gasteiger partial charge in [-0.15, -0.1) is 0 Å². The molecule has 0 amide bonds. The van der Waals surface area contributed by atoms with E-state index < -0.39 is 0 Å². The van der Waals surface area contributed by atoms with E-state index in [2.05, 4.69) is 182 Å². The molecule has 0 aliphatic heterocycles. The number of hydrogen-bond donors (Lipinski definition) is 0. The van der Waals surface area contributed by atoms with Gasteiger partial charge in [0.25, 0.3) is 0 Å². The van der Waals surface area contributed by atoms with Crippen LogP contribution in [-0.2, 0) is 0 Å². The smallest absolute Gasteiger partial charge is 0.143 e. The highest BCUT2D eigenvalue weighted by Crippen LogP contribution is 2.46. The topological polar surface area (TPSA) is 13.1 Å². The number of hydrogen-bond acceptors (Lipinski definition) is 1. The van der Waals surface area contributed by atoms with Crippen molar-refractivity contribution in [2.24, 2.45) is 0 Å². The largest absolute Gasteiger partial charge is 0.455 e. The summed E-state index contributed by atoms with van der Waals surface area (Å²) in [5.74, 6) is 0. The number of rotatable bonds is 3. The Morgan fingerprint density at radius 2 is 0.804 bits per heavy atom. The molecule has 0 fully saturated rings. The maximum Gasteiger partial charge on any atom is 0.143 e. The van der Waals surface area contributed by atoms with Gasteiger partial charge in [0, 0.05) is 16.2 Å². The molecule has 1 heterocycles. The van der Waals surface area contributed by atoms with Crippen molar-refractivity contribution in [1.82, 2.24) is 0 Å². The Bertz CT molecular complexity index is 3130. The summed E-state index contributed by atoms with van der Waals surface area (Å²) in [4.78, 5) is 0. The molecule has 1 nitrogen and oxygen atoms in total. The van der Waals surface area contributed by atoms with Gasteiger partial charge in [-0.1, -0.05) is 164 Å². The molecule has 0 saturated carbocycles. The summed E-state index contributed by atoms with van der Waals surface area (Å²) in [6.45, 7) is 0. The first-order chi connectivity index (χ1) is 25.3. The van der Waals surface area contributed by atoms with Gasteiger partial charge in [0.05, 0.1) is 0 Å². The fourth-order valence-electron chi connectivity index (χ4n) is 8.63. The average molecular weight is 647 g/mol. The second-order valence-electron chi connectivity index (χ2n) is 13.6. The van der Waals surface area contributed by atoms with Gasteiger partial charge in [0.1, 0.15) is 11.2 Å². The molecule has 11 rings (SSSR count). The summed E-state index contributed by atoms with van der Waals surface area (Å²) in [7, 11) is 0. The van der Waals surface area contributed by atoms with Crippen LogP contribution in [0.4, 0.5) is 0 Å². The van der Waals surface area contributed by atoms with Crippen molar-refractivity contribution >= 4 is 75.8 Å². The molecule has 0 spiro atoms. The van der Waals surface area contributed by atoms with Crippen molar-refractivity contribution in [2.75, 3.05) is 0 Å². The molecular weight excluding hydrogens is 617 g/mol. The first-order valence-corrected chi connectivity index (χ1v) is 17.6. The second kappa shape index (κ2) is 10.9. The fourth-order valence-corrected chi connectivity index (χ4v) is 8.63. The van der Waals surface area contributed by atoms with E-state index in [0.717, 1.165) is 21.9 Å². The monoisotopic (exact) mass is 646 g/mol. The molecule has 0 N–H and O–H groups in total. The quantitative estimate of drug-likeness (QED) is 0.138. The molecular formula is C50H30O. The Labute approximate surface area is 294 Å². The van der Waals surface area contributed by atoms with E-state index >= 15 is 0 Å². The zero-order valence-electron chi connectivity index (χ0n) is 27.7. The van der Waals surface area contributed by atoms with Crippen molar-refractivity contribution in [3.8, 4) is 33.4 Å². The molecule has 1 aromatic heterocycles. The van der Waals surface area contributed by atoms with Crippen LogP contribution < -0.4 is 0 Å². The summed E-state index contributed by atoms with van der Waals surface area (Å²) in [6, 6.07) is 66.2. The van der Waals surface area contributed by atoms with E-state index in [-0.39, 0.29) is 0 Å². The Kier molecular flexibility index (Phi) is 6.02. The van der Waals surface area contributed by atoms with E-state index in [4.69, 9.17) is 4.42 Å². The predicted octanol–water partition coefficient (Wildman–Crippen LogP) is 14.4. The Balaban J connectivity index is 1.15. The van der Waals surface area contributed by atoms with Gasteiger partial charge in [-0.2, -0.15) is 0 Å². The Hall–Kier alpha value is -6.70. The van der Waals surface area contributed by atoms with Crippen LogP contribution in [0.5, 0.6) is 0 Å². The fraction of sp³-hybridized carbons (Fsp3) is 0. The van der Waals surface area contributed by atoms with Crippen LogP contribution in [0, 0.1) is 0 Å². The summed E-state index contributed by atoms with van der Waals surface area (Å²) in [6.07, 6.45) is 0. The lowest BCUT2D eigenvalue weighted by molar-refractivity contribution is 0.673. The number of fused-ring (bicyclic) bond motifs is 11. The summed E-state index contributed by atoms with van der Waals surface area (Å²) >= 11 is 0. The predicted molar refractivity (Wildman–Crippen MR) is 218 cm³/mol. The minimum Gasteiger partial charge on any atom is -0.455 e. The summed E-state index contributed by atoms with van der Waals surface area (Å²) in [5.41, 5.74) is 9.24. The summed E-state index contributed by atoms with van der Waals surface area (Å²) < 4.78 is 6.81. The van der Waals surface area contributed by atoms with Crippen LogP contribution in [0.3, 0.4) is 0 Å². The van der Waals surface area contributed by atoms with Crippen LogP contribution >= 0.6 is 0 Å². The van der Waals surface area contributed by atoms with Gasteiger partial charge in [-0.3, -0.25) is 0 Å². The van der Waals surface area contributed by atoms with Crippen molar-refractivity contribution < 1.29 is 4.42 Å². The highest BCUT2D eigenvalue weighted by atomic mass is 16.3. The lowest BCUT2D eigenvalue weighted by Gasteiger charge is -2.18. The molecule has 51 heavy (non-hydrogen) atoms. The lowest BCUT2D eigenvalue weighted by Crippen LogP contribution is -1.91. The molecule has 1 heteroatoms. The van der Waals surface area contributed by atoms with Gasteiger partial charge in [-0.05, 0) is 100 Å². The first-order valence-electron chi connectivity index (χ1n) is 17.6. The van der Waals surface area contributed by atoms with E-state index in [1.807, 2.05) is 0 Å². The van der Waals surface area contributed by atoms with Gasteiger partial charge in [0.2, 0.25) is 0 Å². The minimum atomic E-state index is 0.913. The minimum absolute atomic E-state index is 0.913. The molecule has 10 aromatic carbocycles. The molecule has 0 saturated heterocycles. The molecule has 0 atom stereocenters. The van der Waals surface area contributed by atoms with Crippen LogP contribution in [0.25, 0.3) is 109 Å². The van der Waals surface area contributed by atoms with Gasteiger partial charge < -0.3 is 4.42 Å². The third-order valence-corrected chi connectivity index (χ3v) is 10.8. The highest BCUT2D eigenvalue weighted by molar-refractivity contribution is 6.31. The van der Waals surface area contributed by atoms with E-state index in [1.165, 1.54) is 87.2 Å². The normalized spacial score (nSPS) is 11.9. The zero-order chi connectivity index (χ0) is 33.5. The maximum absolute atomic E-state index is 6.81. The molecule has 0 aliphatic carbocycles. The lowest BCUT2D eigenvalue weighted by atomic mass is 9.85. The highest BCUT2D eigenvalue weighted by Gasteiger charge is 2.19. The van der Waals surface area contributed by atoms with Crippen LogP contribution in [-0.4, -0.2) is 0 Å². The van der Waals surface area contributed by atoms with Crippen molar-refractivity contribution in [1.29, 1.82) is 0 Å². The van der Waals surface area contributed by atoms with Gasteiger partial charge in [-0.25, -0.2) is 0 Å². The van der Waals surface area contributed by atoms with Crippen LogP contribution in [0.15, 0.2) is 186 Å². The van der Waals surface area contributed by atoms with E-state index in [1.54, 1.807) is 0 Å². The summed E-state index contributed by atoms with van der Waals surface area (Å²) in [5, 5.41) is 14.6. The van der Waals surface area contributed by atoms with E-state index in [0.29, 0.717) is 0 Å². The average Bonchev–Trinajstić information content (AvgIpc) is 3.58. The second-order valence-corrected chi connectivity index (χ2v) is 13.6. The zero-order valence-corrected chi connectivity index (χ0v) is 27.7. The standard InChI is InChI=1S/C50H30O/c1-2-14-31(15-3-1)47-39-22-7-9-24-41(39)48(42-25-10-8-23-40(42)47)34-18-12-16-32(28-34)35-27-13-17-33-29-45-46(30-44(33)35)51-50-43-26-11-5-20-37(43)36-19-4-6-21-38(36)49(45)50/h1-30H. The molecule has 236 valence electrons. The van der Waals surface area contributed by atoms with E-state index in [9.17, 15) is 0 Å². The third-order valence-electron chi connectivity index (χ3n) is 10.8. The van der Waals surface area contributed by atoms with Crippen molar-refractivity contribution in [3.05, 3.63) is 182 Å². The van der Waals surface area contributed by atoms with Crippen LogP contribution in [0.1, 0.15) is 0 Å². The molecule has 0 aliphatic rings. The number of furan rings is 1. The molecule has 0 radical (unpaired) electrons. The van der Waals surface area contributed by atoms with Gasteiger partial charge >= 0.3 is 0 Å². The Morgan fingerprint density at radius 3 is 1.49 bits per heavy atom. The molecule has 11 aromatic rings. The first kappa shape index (κ1) is 28.2. The van der Waals surface area contributed by atoms with Crippen molar-refractivity contribution in [3.63, 3.8) is 0 Å². The molecule has 0 bridgehead atoms. The van der Waals surface area contributed by atoms with Crippen molar-refractivity contribution in [2.45, 2.75) is 0 Å².